The number of amides is 2. The second-order valence-electron chi connectivity index (χ2n) is 9.54. The maximum Gasteiger partial charge on any atom is 0.261 e. The van der Waals surface area contributed by atoms with Gasteiger partial charge in [-0.3, -0.25) is 19.4 Å². The molecule has 0 saturated carbocycles. The van der Waals surface area contributed by atoms with Gasteiger partial charge in [-0.05, 0) is 36.4 Å². The van der Waals surface area contributed by atoms with Crippen molar-refractivity contribution in [2.45, 2.75) is 0 Å². The first-order valence-electron chi connectivity index (χ1n) is 13.2. The van der Waals surface area contributed by atoms with E-state index >= 15 is 0 Å². The van der Waals surface area contributed by atoms with E-state index in [0.29, 0.717) is 17.7 Å². The number of nitrogens with zero attached hydrogens (tertiary/aromatic N) is 4. The molecular weight excluding hydrogens is 462 g/mol. The van der Waals surface area contributed by atoms with Crippen LogP contribution in [0, 0.1) is 0 Å². The zero-order chi connectivity index (χ0) is 25.5. The first-order chi connectivity index (χ1) is 18.2. The fourth-order valence-corrected chi connectivity index (χ4v) is 5.11. The first kappa shape index (κ1) is 25.0. The Hall–Kier alpha value is -3.68. The average Bonchev–Trinajstić information content (AvgIpc) is 3.23. The van der Waals surface area contributed by atoms with Crippen LogP contribution < -0.4 is 15.1 Å². The minimum Gasteiger partial charge on any atom is -0.369 e. The van der Waals surface area contributed by atoms with Crippen molar-refractivity contribution in [3.63, 3.8) is 0 Å². The summed E-state index contributed by atoms with van der Waals surface area (Å²) >= 11 is 0. The molecule has 3 heterocycles. The molecule has 7 nitrogen and oxygen atoms in total. The second-order valence-corrected chi connectivity index (χ2v) is 9.54. The second kappa shape index (κ2) is 12.0. The number of anilines is 2. The lowest BCUT2D eigenvalue weighted by Crippen LogP contribution is -2.49. The van der Waals surface area contributed by atoms with Crippen LogP contribution in [0.4, 0.5) is 11.4 Å². The Kier molecular flexibility index (Phi) is 8.13. The summed E-state index contributed by atoms with van der Waals surface area (Å²) in [5.74, 6) is -0.327. The third kappa shape index (κ3) is 6.01. The molecule has 0 atom stereocenters. The number of carbonyl (C=O) groups is 2. The highest BCUT2D eigenvalue weighted by Crippen LogP contribution is 2.22. The van der Waals surface area contributed by atoms with Crippen LogP contribution >= 0.6 is 0 Å². The fourth-order valence-electron chi connectivity index (χ4n) is 5.11. The van der Waals surface area contributed by atoms with E-state index in [2.05, 4.69) is 74.6 Å². The van der Waals surface area contributed by atoms with Crippen LogP contribution in [0.3, 0.4) is 0 Å². The highest BCUT2D eigenvalue weighted by molar-refractivity contribution is 6.21. The molecule has 3 aromatic rings. The van der Waals surface area contributed by atoms with Crippen molar-refractivity contribution < 1.29 is 9.59 Å². The van der Waals surface area contributed by atoms with Gasteiger partial charge >= 0.3 is 0 Å². The number of piperazine rings is 2. The predicted octanol–water partition coefficient (Wildman–Crippen LogP) is 3.20. The molecular formula is C30H35N5O2. The molecule has 192 valence electrons. The highest BCUT2D eigenvalue weighted by atomic mass is 16.2. The lowest BCUT2D eigenvalue weighted by molar-refractivity contribution is 0.0635. The number of nitrogens with one attached hydrogen (secondary N) is 1. The molecule has 7 heteroatoms. The predicted molar refractivity (Wildman–Crippen MR) is 148 cm³/mol. The normalized spacial score (nSPS) is 17.9. The summed E-state index contributed by atoms with van der Waals surface area (Å²) in [7, 11) is 0. The van der Waals surface area contributed by atoms with Crippen molar-refractivity contribution in [1.29, 1.82) is 0 Å². The van der Waals surface area contributed by atoms with Gasteiger partial charge in [-0.2, -0.15) is 0 Å². The molecule has 0 aliphatic carbocycles. The van der Waals surface area contributed by atoms with Crippen molar-refractivity contribution in [2.24, 2.45) is 0 Å². The van der Waals surface area contributed by atoms with Crippen molar-refractivity contribution in [3.05, 3.63) is 96.1 Å². The number of rotatable bonds is 5. The Balaban J connectivity index is 0.000000195. The molecule has 1 N–H and O–H groups in total. The van der Waals surface area contributed by atoms with Crippen molar-refractivity contribution in [3.8, 4) is 0 Å². The molecule has 2 amide bonds. The van der Waals surface area contributed by atoms with Gasteiger partial charge in [0, 0.05) is 76.8 Å². The van der Waals surface area contributed by atoms with Gasteiger partial charge in [0.2, 0.25) is 0 Å². The molecule has 3 aliphatic heterocycles. The lowest BCUT2D eigenvalue weighted by atomic mass is 10.1. The molecule has 0 spiro atoms. The van der Waals surface area contributed by atoms with Gasteiger partial charge in [-0.1, -0.05) is 48.5 Å². The third-order valence-corrected chi connectivity index (χ3v) is 7.25. The Morgan fingerprint density at radius 1 is 0.541 bits per heavy atom. The minimum absolute atomic E-state index is 0.163. The lowest BCUT2D eigenvalue weighted by Gasteiger charge is -2.36. The Morgan fingerprint density at radius 3 is 1.51 bits per heavy atom. The van der Waals surface area contributed by atoms with Crippen LogP contribution in [0.25, 0.3) is 0 Å². The highest BCUT2D eigenvalue weighted by Gasteiger charge is 2.35. The summed E-state index contributed by atoms with van der Waals surface area (Å²) in [6.07, 6.45) is 0. The number of fused-ring (bicyclic) bond motifs is 1. The summed E-state index contributed by atoms with van der Waals surface area (Å²) in [5.41, 5.74) is 3.66. The molecule has 0 unspecified atom stereocenters. The fraction of sp³-hybridized carbons (Fsp3) is 0.333. The summed E-state index contributed by atoms with van der Waals surface area (Å²) in [6.45, 7) is 9.47. The molecule has 0 radical (unpaired) electrons. The Bertz CT molecular complexity index is 1140. The molecule has 0 bridgehead atoms. The standard InChI is InChI=1S/C20H21N3O2.C10H14N2/c24-19-17-8-4-5-9-18(17)20(25)23(19)15-12-21-10-13-22(14-11-21)16-6-2-1-3-7-16;1-2-4-10(5-3-1)12-8-6-11-7-9-12/h1-9H,10-15H2;1-5,11H,6-9H2. The van der Waals surface area contributed by atoms with Crippen molar-refractivity contribution in [1.82, 2.24) is 15.1 Å². The van der Waals surface area contributed by atoms with E-state index in [1.807, 2.05) is 6.07 Å². The minimum atomic E-state index is -0.163. The quantitative estimate of drug-likeness (QED) is 0.547. The number of imide groups is 1. The molecule has 3 aliphatic rings. The van der Waals surface area contributed by atoms with E-state index in [9.17, 15) is 9.59 Å². The summed E-state index contributed by atoms with van der Waals surface area (Å²) < 4.78 is 0. The number of para-hydroxylation sites is 2. The van der Waals surface area contributed by atoms with Gasteiger partial charge in [0.15, 0.2) is 0 Å². The number of hydrogen-bond acceptors (Lipinski definition) is 6. The molecule has 6 rings (SSSR count). The van der Waals surface area contributed by atoms with Crippen LogP contribution in [0.1, 0.15) is 20.7 Å². The van der Waals surface area contributed by atoms with E-state index < -0.39 is 0 Å². The van der Waals surface area contributed by atoms with Crippen LogP contribution in [0.2, 0.25) is 0 Å². The van der Waals surface area contributed by atoms with E-state index in [4.69, 9.17) is 0 Å². The SMILES string of the molecule is O=C1c2ccccc2C(=O)N1CCN1CCN(c2ccccc2)CC1.c1ccc(N2CCNCC2)cc1. The number of benzene rings is 3. The van der Waals surface area contributed by atoms with Gasteiger partial charge in [0.25, 0.3) is 11.8 Å². The van der Waals surface area contributed by atoms with Crippen molar-refractivity contribution in [2.75, 3.05) is 75.2 Å². The van der Waals surface area contributed by atoms with Gasteiger partial charge in [0.05, 0.1) is 11.1 Å². The zero-order valence-electron chi connectivity index (χ0n) is 21.3. The zero-order valence-corrected chi connectivity index (χ0v) is 21.3. The first-order valence-corrected chi connectivity index (χ1v) is 13.2. The maximum atomic E-state index is 12.4. The van der Waals surface area contributed by atoms with Crippen LogP contribution in [0.15, 0.2) is 84.9 Å². The Morgan fingerprint density at radius 2 is 1.00 bits per heavy atom. The third-order valence-electron chi connectivity index (χ3n) is 7.25. The molecule has 0 aromatic heterocycles. The average molecular weight is 498 g/mol. The van der Waals surface area contributed by atoms with E-state index in [1.165, 1.54) is 16.3 Å². The van der Waals surface area contributed by atoms with E-state index in [1.54, 1.807) is 24.3 Å². The van der Waals surface area contributed by atoms with Gasteiger partial charge in [-0.25, -0.2) is 0 Å². The molecule has 37 heavy (non-hydrogen) atoms. The topological polar surface area (TPSA) is 59.1 Å². The van der Waals surface area contributed by atoms with Gasteiger partial charge in [0.1, 0.15) is 0 Å². The van der Waals surface area contributed by atoms with Crippen LogP contribution in [-0.4, -0.2) is 87.1 Å². The summed E-state index contributed by atoms with van der Waals surface area (Å²) in [6, 6.07) is 28.1. The largest absolute Gasteiger partial charge is 0.369 e. The smallest absolute Gasteiger partial charge is 0.261 e. The van der Waals surface area contributed by atoms with Gasteiger partial charge < -0.3 is 15.1 Å². The maximum absolute atomic E-state index is 12.4. The number of hydrogen-bond donors (Lipinski definition) is 1. The monoisotopic (exact) mass is 497 g/mol. The van der Waals surface area contributed by atoms with Gasteiger partial charge in [-0.15, -0.1) is 0 Å². The molecule has 3 aromatic carbocycles. The summed E-state index contributed by atoms with van der Waals surface area (Å²) in [4.78, 5) is 33.3. The van der Waals surface area contributed by atoms with Crippen molar-refractivity contribution >= 4 is 23.2 Å². The van der Waals surface area contributed by atoms with Crippen LogP contribution in [-0.2, 0) is 0 Å². The summed E-state index contributed by atoms with van der Waals surface area (Å²) in [5, 5.41) is 3.34. The van der Waals surface area contributed by atoms with E-state index in [0.717, 1.165) is 58.9 Å². The van der Waals surface area contributed by atoms with Crippen LogP contribution in [0.5, 0.6) is 0 Å². The van der Waals surface area contributed by atoms with E-state index in [-0.39, 0.29) is 11.8 Å². The molecule has 2 fully saturated rings. The molecule has 2 saturated heterocycles. The Labute approximate surface area is 219 Å². The number of carbonyl (C=O) groups excluding carboxylic acids is 2.